The molecule has 1 aliphatic rings. The first-order valence-electron chi connectivity index (χ1n) is 8.44. The van der Waals surface area contributed by atoms with Gasteiger partial charge in [0.2, 0.25) is 0 Å². The molecule has 27 heavy (non-hydrogen) atoms. The van der Waals surface area contributed by atoms with E-state index in [1.165, 1.54) is 0 Å². The summed E-state index contributed by atoms with van der Waals surface area (Å²) in [6.45, 7) is 0.635. The topological polar surface area (TPSA) is 24.1 Å². The Morgan fingerprint density at radius 2 is 1.48 bits per heavy atom. The molecule has 1 fully saturated rings. The summed E-state index contributed by atoms with van der Waals surface area (Å²) in [4.78, 5) is 0. The zero-order chi connectivity index (χ0) is 19.7. The monoisotopic (exact) mass is 388 g/mol. The highest BCUT2D eigenvalue weighted by Crippen LogP contribution is 2.36. The normalized spacial score (nSPS) is 20.8. The van der Waals surface area contributed by atoms with Crippen LogP contribution < -0.4 is 10.6 Å². The second-order valence-electron chi connectivity index (χ2n) is 6.53. The maximum absolute atomic E-state index is 13.0. The first kappa shape index (κ1) is 19.7. The number of alkyl halides is 6. The Hall–Kier alpha value is -2.06. The SMILES string of the molecule is FC(F)(F)c1cc(CN[C@H]2CCN[C@@H]2c2ccccc2)cc(C(F)(F)F)c1. The summed E-state index contributed by atoms with van der Waals surface area (Å²) in [7, 11) is 0. The Kier molecular flexibility index (Phi) is 5.48. The lowest BCUT2D eigenvalue weighted by atomic mass is 10.00. The van der Waals surface area contributed by atoms with Crippen LogP contribution in [0.2, 0.25) is 0 Å². The zero-order valence-corrected chi connectivity index (χ0v) is 14.2. The van der Waals surface area contributed by atoms with Crippen LogP contribution in [-0.4, -0.2) is 12.6 Å². The standard InChI is InChI=1S/C19H18F6N2/c20-18(21,22)14-8-12(9-15(10-14)19(23,24)25)11-27-16-6-7-26-17(16)13-4-2-1-3-5-13/h1-5,8-10,16-17,26-27H,6-7,11H2/t16-,17+/m0/s1. The van der Waals surface area contributed by atoms with E-state index in [2.05, 4.69) is 10.6 Å². The maximum atomic E-state index is 13.0. The number of halogens is 6. The Balaban J connectivity index is 1.79. The van der Waals surface area contributed by atoms with Crippen molar-refractivity contribution in [2.24, 2.45) is 0 Å². The van der Waals surface area contributed by atoms with E-state index in [9.17, 15) is 26.3 Å². The lowest BCUT2D eigenvalue weighted by Gasteiger charge is -2.22. The molecule has 0 radical (unpaired) electrons. The van der Waals surface area contributed by atoms with Crippen molar-refractivity contribution in [3.63, 3.8) is 0 Å². The van der Waals surface area contributed by atoms with Gasteiger partial charge in [-0.15, -0.1) is 0 Å². The van der Waals surface area contributed by atoms with Crippen molar-refractivity contribution in [2.45, 2.75) is 37.4 Å². The van der Waals surface area contributed by atoms with Gasteiger partial charge in [0.1, 0.15) is 0 Å². The van der Waals surface area contributed by atoms with Gasteiger partial charge in [0.25, 0.3) is 0 Å². The van der Waals surface area contributed by atoms with E-state index >= 15 is 0 Å². The molecule has 0 spiro atoms. The van der Waals surface area contributed by atoms with Crippen molar-refractivity contribution < 1.29 is 26.3 Å². The van der Waals surface area contributed by atoms with Crippen molar-refractivity contribution in [1.29, 1.82) is 0 Å². The molecular formula is C19H18F6N2. The molecule has 2 N–H and O–H groups in total. The Morgan fingerprint density at radius 1 is 0.889 bits per heavy atom. The lowest BCUT2D eigenvalue weighted by molar-refractivity contribution is -0.143. The first-order valence-corrected chi connectivity index (χ1v) is 8.44. The van der Waals surface area contributed by atoms with Gasteiger partial charge in [-0.05, 0) is 42.3 Å². The highest BCUT2D eigenvalue weighted by Gasteiger charge is 2.37. The van der Waals surface area contributed by atoms with Gasteiger partial charge in [-0.3, -0.25) is 0 Å². The quantitative estimate of drug-likeness (QED) is 0.727. The summed E-state index contributed by atoms with van der Waals surface area (Å²) in [5.41, 5.74) is -1.61. The highest BCUT2D eigenvalue weighted by atomic mass is 19.4. The van der Waals surface area contributed by atoms with Crippen LogP contribution in [0.15, 0.2) is 48.5 Å². The highest BCUT2D eigenvalue weighted by molar-refractivity contribution is 5.34. The summed E-state index contributed by atoms with van der Waals surface area (Å²) in [6, 6.07) is 11.1. The molecule has 0 aliphatic carbocycles. The largest absolute Gasteiger partial charge is 0.416 e. The molecule has 3 rings (SSSR count). The minimum atomic E-state index is -4.84. The molecule has 0 unspecified atom stereocenters. The van der Waals surface area contributed by atoms with Gasteiger partial charge in [0.15, 0.2) is 0 Å². The van der Waals surface area contributed by atoms with E-state index in [0.717, 1.165) is 24.1 Å². The number of nitrogens with one attached hydrogen (secondary N) is 2. The maximum Gasteiger partial charge on any atom is 0.416 e. The van der Waals surface area contributed by atoms with E-state index in [0.29, 0.717) is 6.54 Å². The van der Waals surface area contributed by atoms with Crippen molar-refractivity contribution in [1.82, 2.24) is 10.6 Å². The average Bonchev–Trinajstić information content (AvgIpc) is 3.07. The van der Waals surface area contributed by atoms with Gasteiger partial charge in [0, 0.05) is 18.6 Å². The van der Waals surface area contributed by atoms with Gasteiger partial charge in [-0.1, -0.05) is 30.3 Å². The van der Waals surface area contributed by atoms with Gasteiger partial charge >= 0.3 is 12.4 Å². The van der Waals surface area contributed by atoms with Gasteiger partial charge in [0.05, 0.1) is 11.1 Å². The van der Waals surface area contributed by atoms with Gasteiger partial charge in [-0.2, -0.15) is 26.3 Å². The van der Waals surface area contributed by atoms with Gasteiger partial charge in [-0.25, -0.2) is 0 Å². The molecule has 1 aliphatic heterocycles. The molecule has 8 heteroatoms. The predicted octanol–water partition coefficient (Wildman–Crippen LogP) is 4.92. The molecule has 2 nitrogen and oxygen atoms in total. The van der Waals surface area contributed by atoms with Crippen LogP contribution in [-0.2, 0) is 18.9 Å². The number of hydrogen-bond acceptors (Lipinski definition) is 2. The molecule has 0 aromatic heterocycles. The third-order valence-electron chi connectivity index (χ3n) is 4.60. The molecule has 0 amide bonds. The molecule has 2 atom stereocenters. The summed E-state index contributed by atoms with van der Waals surface area (Å²) in [5.74, 6) is 0. The lowest BCUT2D eigenvalue weighted by Crippen LogP contribution is -2.34. The molecule has 2 aromatic rings. The van der Waals surface area contributed by atoms with Crippen molar-refractivity contribution in [3.8, 4) is 0 Å². The van der Waals surface area contributed by atoms with Crippen molar-refractivity contribution in [2.75, 3.05) is 6.54 Å². The van der Waals surface area contributed by atoms with E-state index in [4.69, 9.17) is 0 Å². The van der Waals surface area contributed by atoms with E-state index < -0.39 is 23.5 Å². The summed E-state index contributed by atoms with van der Waals surface area (Å²) >= 11 is 0. The predicted molar refractivity (Wildman–Crippen MR) is 88.9 cm³/mol. The van der Waals surface area contributed by atoms with E-state index in [1.807, 2.05) is 30.3 Å². The number of benzene rings is 2. The molecule has 0 bridgehead atoms. The third kappa shape index (κ3) is 4.81. The number of rotatable bonds is 4. The van der Waals surface area contributed by atoms with E-state index in [-0.39, 0.29) is 30.3 Å². The van der Waals surface area contributed by atoms with Gasteiger partial charge < -0.3 is 10.6 Å². The van der Waals surface area contributed by atoms with Crippen LogP contribution in [0, 0.1) is 0 Å². The summed E-state index contributed by atoms with van der Waals surface area (Å²) < 4.78 is 77.8. The Bertz CT molecular complexity index is 738. The van der Waals surface area contributed by atoms with Crippen molar-refractivity contribution in [3.05, 3.63) is 70.8 Å². The summed E-state index contributed by atoms with van der Waals surface area (Å²) in [5, 5.41) is 6.41. The number of hydrogen-bond donors (Lipinski definition) is 2. The smallest absolute Gasteiger partial charge is 0.309 e. The van der Waals surface area contributed by atoms with Crippen molar-refractivity contribution >= 4 is 0 Å². The van der Waals surface area contributed by atoms with Crippen LogP contribution in [0.25, 0.3) is 0 Å². The van der Waals surface area contributed by atoms with Crippen LogP contribution in [0.1, 0.15) is 34.7 Å². The molecular weight excluding hydrogens is 370 g/mol. The van der Waals surface area contributed by atoms with Crippen LogP contribution in [0.5, 0.6) is 0 Å². The molecule has 2 aromatic carbocycles. The minimum absolute atomic E-state index is 0.0425. The molecule has 146 valence electrons. The van der Waals surface area contributed by atoms with Crippen LogP contribution >= 0.6 is 0 Å². The second-order valence-corrected chi connectivity index (χ2v) is 6.53. The molecule has 1 saturated heterocycles. The average molecular weight is 388 g/mol. The zero-order valence-electron chi connectivity index (χ0n) is 14.2. The summed E-state index contributed by atoms with van der Waals surface area (Å²) in [6.07, 6.45) is -8.94. The Labute approximate surface area is 152 Å². The molecule has 1 heterocycles. The van der Waals surface area contributed by atoms with E-state index in [1.54, 1.807) is 0 Å². The molecule has 0 saturated carbocycles. The minimum Gasteiger partial charge on any atom is -0.309 e. The third-order valence-corrected chi connectivity index (χ3v) is 4.60. The first-order chi connectivity index (χ1) is 12.6. The van der Waals surface area contributed by atoms with Crippen LogP contribution in [0.4, 0.5) is 26.3 Å². The Morgan fingerprint density at radius 3 is 2.04 bits per heavy atom. The second kappa shape index (κ2) is 7.52. The fourth-order valence-corrected chi connectivity index (χ4v) is 3.30. The van der Waals surface area contributed by atoms with Crippen LogP contribution in [0.3, 0.4) is 0 Å². The fourth-order valence-electron chi connectivity index (χ4n) is 3.30. The fraction of sp³-hybridized carbons (Fsp3) is 0.368.